The molecule has 19 heavy (non-hydrogen) atoms. The molecule has 100 valence electrons. The van der Waals surface area contributed by atoms with E-state index in [-0.39, 0.29) is 24.3 Å². The van der Waals surface area contributed by atoms with E-state index in [1.807, 2.05) is 0 Å². The van der Waals surface area contributed by atoms with Gasteiger partial charge in [-0.3, -0.25) is 0 Å². The van der Waals surface area contributed by atoms with E-state index < -0.39 is 11.7 Å². The lowest BCUT2D eigenvalue weighted by Gasteiger charge is -2.10. The predicted octanol–water partition coefficient (Wildman–Crippen LogP) is 3.03. The zero-order valence-corrected chi connectivity index (χ0v) is 9.78. The molecule has 0 saturated heterocycles. The van der Waals surface area contributed by atoms with Crippen LogP contribution in [-0.2, 0) is 23.8 Å². The Kier molecular flexibility index (Phi) is 3.69. The average Bonchev–Trinajstić information content (AvgIpc) is 2.76. The number of oxazole rings is 1. The number of hydrogen-bond donors (Lipinski definition) is 0. The molecule has 0 aliphatic heterocycles. The largest absolute Gasteiger partial charge is 0.448 e. The van der Waals surface area contributed by atoms with E-state index in [0.717, 1.165) is 6.07 Å². The molecule has 2 rings (SSSR count). The SMILES string of the molecule is O=CCc1coc(Cc2ccccc2C(F)(F)F)n1. The van der Waals surface area contributed by atoms with Crippen LogP contribution < -0.4 is 0 Å². The number of halogens is 3. The fourth-order valence-corrected chi connectivity index (χ4v) is 1.72. The number of aldehydes is 1. The van der Waals surface area contributed by atoms with Gasteiger partial charge in [-0.05, 0) is 11.6 Å². The molecule has 0 amide bonds. The smallest absolute Gasteiger partial charge is 0.416 e. The number of carbonyl (C=O) groups is 1. The van der Waals surface area contributed by atoms with Crippen LogP contribution in [0.3, 0.4) is 0 Å². The van der Waals surface area contributed by atoms with E-state index in [4.69, 9.17) is 4.42 Å². The molecule has 1 aromatic heterocycles. The second-order valence-corrected chi connectivity index (χ2v) is 3.94. The van der Waals surface area contributed by atoms with Gasteiger partial charge in [-0.2, -0.15) is 13.2 Å². The second-order valence-electron chi connectivity index (χ2n) is 3.94. The Morgan fingerprint density at radius 1 is 1.26 bits per heavy atom. The number of benzene rings is 1. The van der Waals surface area contributed by atoms with Gasteiger partial charge in [-0.15, -0.1) is 0 Å². The summed E-state index contributed by atoms with van der Waals surface area (Å²) in [6, 6.07) is 5.26. The lowest BCUT2D eigenvalue weighted by Crippen LogP contribution is -2.09. The molecule has 0 radical (unpaired) electrons. The predicted molar refractivity (Wildman–Crippen MR) is 60.5 cm³/mol. The van der Waals surface area contributed by atoms with Gasteiger partial charge < -0.3 is 9.21 Å². The molecule has 0 aliphatic carbocycles. The summed E-state index contributed by atoms with van der Waals surface area (Å²) >= 11 is 0. The third-order valence-corrected chi connectivity index (χ3v) is 2.56. The van der Waals surface area contributed by atoms with Crippen molar-refractivity contribution in [2.45, 2.75) is 19.0 Å². The van der Waals surface area contributed by atoms with Crippen LogP contribution in [0.25, 0.3) is 0 Å². The maximum Gasteiger partial charge on any atom is 0.416 e. The van der Waals surface area contributed by atoms with Crippen molar-refractivity contribution in [3.63, 3.8) is 0 Å². The highest BCUT2D eigenvalue weighted by Gasteiger charge is 2.33. The summed E-state index contributed by atoms with van der Waals surface area (Å²) in [6.07, 6.45) is -2.45. The topological polar surface area (TPSA) is 43.1 Å². The molecule has 0 N–H and O–H groups in total. The average molecular weight is 269 g/mol. The molecule has 6 heteroatoms. The summed E-state index contributed by atoms with van der Waals surface area (Å²) in [5.74, 6) is 0.161. The number of rotatable bonds is 4. The van der Waals surface area contributed by atoms with E-state index in [2.05, 4.69) is 4.98 Å². The molecule has 0 saturated carbocycles. The van der Waals surface area contributed by atoms with Crippen molar-refractivity contribution in [1.29, 1.82) is 0 Å². The summed E-state index contributed by atoms with van der Waals surface area (Å²) < 4.78 is 43.4. The zero-order valence-electron chi connectivity index (χ0n) is 9.78. The van der Waals surface area contributed by atoms with Gasteiger partial charge in [-0.25, -0.2) is 4.98 Å². The van der Waals surface area contributed by atoms with Crippen molar-refractivity contribution in [3.05, 3.63) is 53.2 Å². The third kappa shape index (κ3) is 3.21. The van der Waals surface area contributed by atoms with E-state index in [0.29, 0.717) is 12.0 Å². The summed E-state index contributed by atoms with van der Waals surface area (Å²) in [6.45, 7) is 0. The van der Waals surface area contributed by atoms with Crippen molar-refractivity contribution < 1.29 is 22.4 Å². The first kappa shape index (κ1) is 13.3. The summed E-state index contributed by atoms with van der Waals surface area (Å²) in [7, 11) is 0. The molecular weight excluding hydrogens is 259 g/mol. The van der Waals surface area contributed by atoms with Crippen LogP contribution in [0, 0.1) is 0 Å². The molecule has 0 spiro atoms. The Labute approximate surface area is 107 Å². The quantitative estimate of drug-likeness (QED) is 0.801. The van der Waals surface area contributed by atoms with Gasteiger partial charge in [-0.1, -0.05) is 18.2 Å². The molecular formula is C13H10F3NO2. The molecule has 0 aliphatic rings. The fourth-order valence-electron chi connectivity index (χ4n) is 1.72. The van der Waals surface area contributed by atoms with Crippen LogP contribution in [0.5, 0.6) is 0 Å². The Balaban J connectivity index is 2.25. The minimum atomic E-state index is -4.41. The monoisotopic (exact) mass is 269 g/mol. The molecule has 1 heterocycles. The first-order chi connectivity index (χ1) is 9.00. The maximum atomic E-state index is 12.8. The van der Waals surface area contributed by atoms with Gasteiger partial charge in [0.25, 0.3) is 0 Å². The summed E-state index contributed by atoms with van der Waals surface area (Å²) in [4.78, 5) is 14.3. The lowest BCUT2D eigenvalue weighted by molar-refractivity contribution is -0.138. The fraction of sp³-hybridized carbons (Fsp3) is 0.231. The van der Waals surface area contributed by atoms with Crippen molar-refractivity contribution in [3.8, 4) is 0 Å². The van der Waals surface area contributed by atoms with Crippen LogP contribution >= 0.6 is 0 Å². The van der Waals surface area contributed by atoms with Crippen LogP contribution in [0.15, 0.2) is 34.9 Å². The maximum absolute atomic E-state index is 12.8. The minimum Gasteiger partial charge on any atom is -0.448 e. The minimum absolute atomic E-state index is 0.0610. The molecule has 3 nitrogen and oxygen atoms in total. The van der Waals surface area contributed by atoms with Gasteiger partial charge in [0.15, 0.2) is 5.89 Å². The van der Waals surface area contributed by atoms with Gasteiger partial charge >= 0.3 is 6.18 Å². The van der Waals surface area contributed by atoms with Gasteiger partial charge in [0.05, 0.1) is 11.3 Å². The third-order valence-electron chi connectivity index (χ3n) is 2.56. The standard InChI is InChI=1S/C13H10F3NO2/c14-13(15,16)11-4-2-1-3-9(11)7-12-17-10(5-6-18)8-19-12/h1-4,6,8H,5,7H2. The van der Waals surface area contributed by atoms with Gasteiger partial charge in [0, 0.05) is 12.8 Å². The summed E-state index contributed by atoms with van der Waals surface area (Å²) in [5.41, 5.74) is -0.200. The zero-order chi connectivity index (χ0) is 13.9. The van der Waals surface area contributed by atoms with Crippen molar-refractivity contribution in [2.24, 2.45) is 0 Å². The first-order valence-electron chi connectivity index (χ1n) is 5.52. The van der Waals surface area contributed by atoms with E-state index in [1.54, 1.807) is 0 Å². The first-order valence-corrected chi connectivity index (χ1v) is 5.52. The van der Waals surface area contributed by atoms with Gasteiger partial charge in [0.2, 0.25) is 0 Å². The number of aromatic nitrogens is 1. The normalized spacial score (nSPS) is 11.5. The van der Waals surface area contributed by atoms with E-state index in [1.165, 1.54) is 24.5 Å². The summed E-state index contributed by atoms with van der Waals surface area (Å²) in [5, 5.41) is 0. The van der Waals surface area contributed by atoms with Crippen molar-refractivity contribution in [2.75, 3.05) is 0 Å². The lowest BCUT2D eigenvalue weighted by atomic mass is 10.0. The highest BCUT2D eigenvalue weighted by atomic mass is 19.4. The molecule has 2 aromatic rings. The molecule has 0 fully saturated rings. The van der Waals surface area contributed by atoms with E-state index >= 15 is 0 Å². The van der Waals surface area contributed by atoms with Crippen LogP contribution in [-0.4, -0.2) is 11.3 Å². The number of alkyl halides is 3. The Morgan fingerprint density at radius 3 is 2.68 bits per heavy atom. The van der Waals surface area contributed by atoms with Crippen LogP contribution in [0.2, 0.25) is 0 Å². The Hall–Kier alpha value is -2.11. The van der Waals surface area contributed by atoms with Crippen molar-refractivity contribution in [1.82, 2.24) is 4.98 Å². The number of nitrogens with zero attached hydrogens (tertiary/aromatic N) is 1. The van der Waals surface area contributed by atoms with E-state index in [9.17, 15) is 18.0 Å². The van der Waals surface area contributed by atoms with Gasteiger partial charge in [0.1, 0.15) is 12.5 Å². The highest BCUT2D eigenvalue weighted by molar-refractivity contribution is 5.53. The molecule has 1 aromatic carbocycles. The Bertz CT molecular complexity index is 575. The molecule has 0 bridgehead atoms. The number of carbonyl (C=O) groups excluding carboxylic acids is 1. The molecule has 0 atom stereocenters. The number of hydrogen-bond acceptors (Lipinski definition) is 3. The molecule has 0 unspecified atom stereocenters. The van der Waals surface area contributed by atoms with Crippen LogP contribution in [0.4, 0.5) is 13.2 Å². The second kappa shape index (κ2) is 5.26. The van der Waals surface area contributed by atoms with Crippen molar-refractivity contribution >= 4 is 6.29 Å². The Morgan fingerprint density at radius 2 is 2.00 bits per heavy atom. The van der Waals surface area contributed by atoms with Crippen LogP contribution in [0.1, 0.15) is 22.7 Å². The highest BCUT2D eigenvalue weighted by Crippen LogP contribution is 2.32.